The lowest BCUT2D eigenvalue weighted by Crippen LogP contribution is -2.34. The zero-order valence-corrected chi connectivity index (χ0v) is 28.8. The molecule has 2 heteroatoms. The first-order chi connectivity index (χ1) is 24.7. The molecule has 0 fully saturated rings. The number of rotatable bonds is 5. The van der Waals surface area contributed by atoms with Crippen LogP contribution in [0.5, 0.6) is 0 Å². The van der Waals surface area contributed by atoms with E-state index in [2.05, 4.69) is 134 Å². The molecule has 50 heavy (non-hydrogen) atoms. The second-order valence-corrected chi connectivity index (χ2v) is 15.6. The van der Waals surface area contributed by atoms with Crippen molar-refractivity contribution in [3.63, 3.8) is 0 Å². The van der Waals surface area contributed by atoms with Crippen molar-refractivity contribution in [1.82, 2.24) is 0 Å². The van der Waals surface area contributed by atoms with Crippen LogP contribution in [-0.4, -0.2) is 6.10 Å². The van der Waals surface area contributed by atoms with Crippen molar-refractivity contribution in [3.05, 3.63) is 171 Å². The van der Waals surface area contributed by atoms with Gasteiger partial charge in [-0.2, -0.15) is 0 Å². The van der Waals surface area contributed by atoms with Gasteiger partial charge in [0.1, 0.15) is 23.0 Å². The zero-order chi connectivity index (χ0) is 33.0. The SMILES string of the molecule is C1=CCCC(C2=CC(C3C=CC(C4C=Cc5oc6c(c5C4)=CC4C5=C(C=CC(C7C=CC=CC7)C5)OC4C=6)=CC3)=CC(C3C=CC=CC3)C2)=C1. The summed E-state index contributed by atoms with van der Waals surface area (Å²) in [4.78, 5) is 0. The molecule has 0 aromatic carbocycles. The Morgan fingerprint density at radius 2 is 1.48 bits per heavy atom. The smallest absolute Gasteiger partial charge is 0.134 e. The minimum Gasteiger partial charge on any atom is -0.485 e. The average molecular weight is 655 g/mol. The number of hydrogen-bond acceptors (Lipinski definition) is 2. The molecular weight excluding hydrogens is 609 g/mol. The van der Waals surface area contributed by atoms with E-state index in [9.17, 15) is 0 Å². The maximum atomic E-state index is 6.51. The lowest BCUT2D eigenvalue weighted by atomic mass is 9.73. The van der Waals surface area contributed by atoms with Crippen LogP contribution in [-0.2, 0) is 11.2 Å². The van der Waals surface area contributed by atoms with Crippen LogP contribution in [0.25, 0.3) is 18.2 Å². The van der Waals surface area contributed by atoms with E-state index in [1.165, 1.54) is 33.1 Å². The summed E-state index contributed by atoms with van der Waals surface area (Å²) >= 11 is 0. The van der Waals surface area contributed by atoms with E-state index in [0.29, 0.717) is 41.4 Å². The molecule has 1 aromatic heterocycles. The van der Waals surface area contributed by atoms with Crippen molar-refractivity contribution in [1.29, 1.82) is 0 Å². The van der Waals surface area contributed by atoms with Gasteiger partial charge in [0, 0.05) is 34.6 Å². The van der Waals surface area contributed by atoms with Crippen molar-refractivity contribution in [2.45, 2.75) is 57.5 Å². The van der Waals surface area contributed by atoms with E-state index in [0.717, 1.165) is 68.3 Å². The van der Waals surface area contributed by atoms with Gasteiger partial charge < -0.3 is 9.15 Å². The molecule has 9 aliphatic rings. The van der Waals surface area contributed by atoms with Gasteiger partial charge in [-0.15, -0.1) is 0 Å². The van der Waals surface area contributed by atoms with Crippen LogP contribution in [0.4, 0.5) is 0 Å². The summed E-state index contributed by atoms with van der Waals surface area (Å²) in [5, 5.41) is 1.30. The van der Waals surface area contributed by atoms with E-state index < -0.39 is 0 Å². The normalized spacial score (nSPS) is 34.4. The molecule has 0 saturated carbocycles. The molecule has 10 rings (SSSR count). The Bertz CT molecular complexity index is 2130. The first-order valence-corrected chi connectivity index (χ1v) is 19.2. The van der Waals surface area contributed by atoms with Gasteiger partial charge in [0.05, 0.1) is 0 Å². The standard InChI is InChI=1S/C48H46O2/c1-4-10-31(11-5-1)36-20-22-45-41(27-36)43-29-44-42-28-37(21-23-46(42)50-48(44)30-47(43)49-45)34-16-18-35(19-17-34)40-25-38(32-12-6-2-7-13-32)24-39(26-40)33-14-8-3-9-15-33/h1-8,10,12,14,16-18,20-23,25-26,29-32,35-38,43,47H,9,11,13,15,19,24,27-28H2. The highest BCUT2D eigenvalue weighted by atomic mass is 16.5. The van der Waals surface area contributed by atoms with Gasteiger partial charge in [-0.3, -0.25) is 0 Å². The van der Waals surface area contributed by atoms with Gasteiger partial charge in [-0.1, -0.05) is 115 Å². The molecule has 0 amide bonds. The van der Waals surface area contributed by atoms with Crippen molar-refractivity contribution in [3.8, 4) is 0 Å². The topological polar surface area (TPSA) is 22.4 Å². The van der Waals surface area contributed by atoms with Gasteiger partial charge in [-0.25, -0.2) is 0 Å². The summed E-state index contributed by atoms with van der Waals surface area (Å²) < 4.78 is 13.0. The minimum absolute atomic E-state index is 0.0331. The average Bonchev–Trinajstić information content (AvgIpc) is 3.74. The van der Waals surface area contributed by atoms with Crippen molar-refractivity contribution < 1.29 is 9.15 Å². The summed E-state index contributed by atoms with van der Waals surface area (Å²) in [5.41, 5.74) is 9.87. The van der Waals surface area contributed by atoms with E-state index >= 15 is 0 Å². The Balaban J connectivity index is 0.876. The Hall–Kier alpha value is -4.56. The Morgan fingerprint density at radius 1 is 0.620 bits per heavy atom. The van der Waals surface area contributed by atoms with Crippen molar-refractivity contribution >= 4 is 18.2 Å². The van der Waals surface area contributed by atoms with Crippen molar-refractivity contribution in [2.75, 3.05) is 0 Å². The maximum Gasteiger partial charge on any atom is 0.134 e. The third kappa shape index (κ3) is 5.48. The lowest BCUT2D eigenvalue weighted by molar-refractivity contribution is 0.189. The molecule has 250 valence electrons. The second-order valence-electron chi connectivity index (χ2n) is 15.6. The van der Waals surface area contributed by atoms with Gasteiger partial charge in [0.25, 0.3) is 0 Å². The quantitative estimate of drug-likeness (QED) is 0.316. The van der Waals surface area contributed by atoms with Gasteiger partial charge >= 0.3 is 0 Å². The fourth-order valence-corrected chi connectivity index (χ4v) is 9.88. The highest BCUT2D eigenvalue weighted by Gasteiger charge is 2.39. The molecule has 0 N–H and O–H groups in total. The van der Waals surface area contributed by atoms with E-state index in [-0.39, 0.29) is 6.10 Å². The number of ether oxygens (including phenoxy) is 1. The second kappa shape index (κ2) is 12.6. The van der Waals surface area contributed by atoms with Gasteiger partial charge in [-0.05, 0) is 115 Å². The summed E-state index contributed by atoms with van der Waals surface area (Å²) in [6.45, 7) is 0. The third-order valence-electron chi connectivity index (χ3n) is 12.7. The van der Waals surface area contributed by atoms with E-state index in [1.54, 1.807) is 5.57 Å². The van der Waals surface area contributed by atoms with Crippen molar-refractivity contribution in [2.24, 2.45) is 41.4 Å². The fraction of sp³-hybridized carbons (Fsp3) is 0.333. The molecule has 2 nitrogen and oxygen atoms in total. The molecule has 8 atom stereocenters. The summed E-state index contributed by atoms with van der Waals surface area (Å²) in [6.07, 6.45) is 60.7. The summed E-state index contributed by atoms with van der Waals surface area (Å²) in [6, 6.07) is 0. The maximum absolute atomic E-state index is 6.51. The largest absolute Gasteiger partial charge is 0.485 e. The molecule has 1 aliphatic heterocycles. The Morgan fingerprint density at radius 3 is 2.26 bits per heavy atom. The van der Waals surface area contributed by atoms with Crippen LogP contribution in [0.2, 0.25) is 0 Å². The molecule has 2 heterocycles. The van der Waals surface area contributed by atoms with E-state index in [4.69, 9.17) is 9.15 Å². The molecule has 8 aliphatic carbocycles. The predicted molar refractivity (Wildman–Crippen MR) is 205 cm³/mol. The zero-order valence-electron chi connectivity index (χ0n) is 28.8. The number of allylic oxidation sites excluding steroid dienone is 23. The molecule has 0 saturated heterocycles. The fourth-order valence-electron chi connectivity index (χ4n) is 9.88. The Labute approximate surface area is 296 Å². The first kappa shape index (κ1) is 30.3. The highest BCUT2D eigenvalue weighted by Crippen LogP contribution is 2.45. The third-order valence-corrected chi connectivity index (χ3v) is 12.7. The minimum atomic E-state index is 0.0331. The van der Waals surface area contributed by atoms with E-state index in [1.807, 2.05) is 0 Å². The number of furan rings is 1. The van der Waals surface area contributed by atoms with Crippen LogP contribution in [0, 0.1) is 41.4 Å². The molecule has 0 radical (unpaired) electrons. The molecular formula is C48H46O2. The van der Waals surface area contributed by atoms with Crippen LogP contribution < -0.4 is 10.6 Å². The number of fused-ring (bicyclic) bond motifs is 5. The van der Waals surface area contributed by atoms with Gasteiger partial charge in [0.2, 0.25) is 0 Å². The highest BCUT2D eigenvalue weighted by molar-refractivity contribution is 5.61. The predicted octanol–water partition coefficient (Wildman–Crippen LogP) is 9.80. The molecule has 0 spiro atoms. The van der Waals surface area contributed by atoms with Crippen LogP contribution in [0.15, 0.2) is 153 Å². The monoisotopic (exact) mass is 654 g/mol. The first-order valence-electron chi connectivity index (χ1n) is 19.2. The van der Waals surface area contributed by atoms with Crippen LogP contribution >= 0.6 is 0 Å². The van der Waals surface area contributed by atoms with Crippen LogP contribution in [0.1, 0.15) is 56.3 Å². The molecule has 8 unspecified atom stereocenters. The van der Waals surface area contributed by atoms with Gasteiger partial charge in [0.15, 0.2) is 0 Å². The summed E-state index contributed by atoms with van der Waals surface area (Å²) in [5.74, 6) is 5.46. The number of hydrogen-bond donors (Lipinski definition) is 0. The summed E-state index contributed by atoms with van der Waals surface area (Å²) in [7, 11) is 0. The lowest BCUT2D eigenvalue weighted by Gasteiger charge is -2.32. The Kier molecular flexibility index (Phi) is 7.66. The molecule has 0 bridgehead atoms. The molecule has 1 aromatic rings. The van der Waals surface area contributed by atoms with Crippen LogP contribution in [0.3, 0.4) is 0 Å².